The highest BCUT2D eigenvalue weighted by Crippen LogP contribution is 2.43. The number of fused-ring (bicyclic) bond motifs is 1. The molecule has 128 valence electrons. The molecule has 0 aromatic carbocycles. The Bertz CT molecular complexity index is 611. The Morgan fingerprint density at radius 3 is 2.26 bits per heavy atom. The number of aryl methyl sites for hydroxylation is 1. The van der Waals surface area contributed by atoms with Crippen molar-refractivity contribution in [1.29, 1.82) is 0 Å². The van der Waals surface area contributed by atoms with Crippen molar-refractivity contribution in [2.75, 3.05) is 7.05 Å². The summed E-state index contributed by atoms with van der Waals surface area (Å²) < 4.78 is 0. The first-order valence-corrected chi connectivity index (χ1v) is 9.05. The van der Waals surface area contributed by atoms with Gasteiger partial charge in [-0.2, -0.15) is 0 Å². The summed E-state index contributed by atoms with van der Waals surface area (Å²) >= 11 is 0. The van der Waals surface area contributed by atoms with Crippen LogP contribution in [0.15, 0.2) is 17.3 Å². The Morgan fingerprint density at radius 1 is 1.13 bits per heavy atom. The summed E-state index contributed by atoms with van der Waals surface area (Å²) in [4.78, 5) is 7.42. The maximum atomic E-state index is 5.02. The molecule has 0 aliphatic carbocycles. The van der Waals surface area contributed by atoms with Gasteiger partial charge >= 0.3 is 0 Å². The molecule has 1 aliphatic rings. The second-order valence-corrected chi connectivity index (χ2v) is 8.01. The Balaban J connectivity index is 2.78. The molecule has 0 radical (unpaired) electrons. The predicted molar refractivity (Wildman–Crippen MR) is 99.8 cm³/mol. The van der Waals surface area contributed by atoms with Gasteiger partial charge in [0.05, 0.1) is 11.7 Å². The van der Waals surface area contributed by atoms with Crippen molar-refractivity contribution in [2.45, 2.75) is 79.7 Å². The summed E-state index contributed by atoms with van der Waals surface area (Å²) in [6.45, 7) is 18.3. The van der Waals surface area contributed by atoms with Gasteiger partial charge in [-0.3, -0.25) is 4.98 Å². The van der Waals surface area contributed by atoms with Crippen molar-refractivity contribution in [3.63, 3.8) is 0 Å². The van der Waals surface area contributed by atoms with Crippen LogP contribution in [0.4, 0.5) is 0 Å². The number of nitrogens with zero attached hydrogens (tertiary/aromatic N) is 2. The molecule has 0 spiro atoms. The van der Waals surface area contributed by atoms with E-state index in [4.69, 9.17) is 4.98 Å². The van der Waals surface area contributed by atoms with Crippen LogP contribution in [0.1, 0.15) is 95.3 Å². The first-order valence-electron chi connectivity index (χ1n) is 9.05. The molecule has 2 nitrogen and oxygen atoms in total. The highest BCUT2D eigenvalue weighted by Gasteiger charge is 2.31. The van der Waals surface area contributed by atoms with Gasteiger partial charge in [0.25, 0.3) is 0 Å². The standard InChI is InChI=1S/C21H34N2/c1-12(2)18-10-14(5)16(7)23(9)17(8)21-20(18)19(13(3)4)11-15(6)22-21/h11-13,17-18H,10H2,1-9H3/b16-14-/t17-,18?/m0/s1. The summed E-state index contributed by atoms with van der Waals surface area (Å²) in [5.74, 6) is 1.71. The molecule has 0 N–H and O–H groups in total. The molecule has 2 rings (SSSR count). The van der Waals surface area contributed by atoms with Crippen LogP contribution in [-0.4, -0.2) is 16.9 Å². The molecule has 0 bridgehead atoms. The molecule has 0 saturated heterocycles. The van der Waals surface area contributed by atoms with Crippen molar-refractivity contribution in [3.8, 4) is 0 Å². The van der Waals surface area contributed by atoms with E-state index in [0.29, 0.717) is 23.8 Å². The first-order chi connectivity index (χ1) is 10.6. The lowest BCUT2D eigenvalue weighted by Crippen LogP contribution is -2.28. The van der Waals surface area contributed by atoms with E-state index in [1.54, 1.807) is 0 Å². The monoisotopic (exact) mass is 314 g/mol. The minimum absolute atomic E-state index is 0.318. The fourth-order valence-electron chi connectivity index (χ4n) is 3.86. The molecule has 23 heavy (non-hydrogen) atoms. The van der Waals surface area contributed by atoms with E-state index in [0.717, 1.165) is 12.1 Å². The number of hydrogen-bond acceptors (Lipinski definition) is 2. The van der Waals surface area contributed by atoms with Gasteiger partial charge in [0.2, 0.25) is 0 Å². The van der Waals surface area contributed by atoms with Gasteiger partial charge < -0.3 is 4.90 Å². The maximum Gasteiger partial charge on any atom is 0.0682 e. The number of allylic oxidation sites excluding steroid dienone is 2. The average molecular weight is 315 g/mol. The third-order valence-electron chi connectivity index (χ3n) is 5.70. The fraction of sp³-hybridized carbons (Fsp3) is 0.667. The van der Waals surface area contributed by atoms with Crippen molar-refractivity contribution in [2.24, 2.45) is 5.92 Å². The molecule has 0 saturated carbocycles. The number of aromatic nitrogens is 1. The zero-order chi connectivity index (χ0) is 17.5. The topological polar surface area (TPSA) is 16.1 Å². The summed E-state index contributed by atoms with van der Waals surface area (Å²) in [5.41, 5.74) is 8.38. The Morgan fingerprint density at radius 2 is 1.74 bits per heavy atom. The van der Waals surface area contributed by atoms with Crippen LogP contribution in [0.3, 0.4) is 0 Å². The van der Waals surface area contributed by atoms with Gasteiger partial charge in [0.1, 0.15) is 0 Å². The number of rotatable bonds is 2. The minimum Gasteiger partial charge on any atom is -0.370 e. The highest BCUT2D eigenvalue weighted by atomic mass is 15.1. The molecule has 2 heterocycles. The number of pyridine rings is 1. The first kappa shape index (κ1) is 18.0. The summed E-state index contributed by atoms with van der Waals surface area (Å²) in [7, 11) is 2.21. The lowest BCUT2D eigenvalue weighted by atomic mass is 9.76. The third-order valence-corrected chi connectivity index (χ3v) is 5.70. The van der Waals surface area contributed by atoms with Gasteiger partial charge in [-0.1, -0.05) is 33.3 Å². The molecule has 2 atom stereocenters. The molecule has 1 unspecified atom stereocenters. The maximum absolute atomic E-state index is 5.02. The van der Waals surface area contributed by atoms with Crippen molar-refractivity contribution in [3.05, 3.63) is 39.9 Å². The third kappa shape index (κ3) is 3.32. The lowest BCUT2D eigenvalue weighted by Gasteiger charge is -2.38. The number of hydrogen-bond donors (Lipinski definition) is 0. The van der Waals surface area contributed by atoms with Crippen LogP contribution in [0.5, 0.6) is 0 Å². The molecule has 0 amide bonds. The van der Waals surface area contributed by atoms with E-state index >= 15 is 0 Å². The molecular formula is C21H34N2. The van der Waals surface area contributed by atoms with E-state index in [-0.39, 0.29) is 0 Å². The molecule has 0 fully saturated rings. The van der Waals surface area contributed by atoms with Crippen molar-refractivity contribution < 1.29 is 0 Å². The molecule has 2 heteroatoms. The van der Waals surface area contributed by atoms with Gasteiger partial charge in [0, 0.05) is 18.4 Å². The average Bonchev–Trinajstić information content (AvgIpc) is 2.48. The van der Waals surface area contributed by atoms with E-state index < -0.39 is 0 Å². The SMILES string of the molecule is C/C1=C(\C)N(C)[C@@H](C)c2nc(C)cc(C(C)C)c2C(C(C)C)C1. The highest BCUT2D eigenvalue weighted by molar-refractivity contribution is 5.41. The fourth-order valence-corrected chi connectivity index (χ4v) is 3.86. The van der Waals surface area contributed by atoms with E-state index in [1.807, 2.05) is 0 Å². The van der Waals surface area contributed by atoms with Gasteiger partial charge in [-0.05, 0) is 69.1 Å². The summed E-state index contributed by atoms with van der Waals surface area (Å²) in [5, 5.41) is 0. The van der Waals surface area contributed by atoms with Crippen molar-refractivity contribution >= 4 is 0 Å². The quantitative estimate of drug-likeness (QED) is 0.671. The van der Waals surface area contributed by atoms with Crippen molar-refractivity contribution in [1.82, 2.24) is 9.88 Å². The normalized spacial score (nSPS) is 25.6. The largest absolute Gasteiger partial charge is 0.370 e. The molecule has 1 aliphatic heterocycles. The van der Waals surface area contributed by atoms with Crippen LogP contribution in [-0.2, 0) is 0 Å². The second kappa shape index (κ2) is 6.67. The van der Waals surface area contributed by atoms with Crippen LogP contribution >= 0.6 is 0 Å². The Labute approximate surface area is 143 Å². The van der Waals surface area contributed by atoms with Crippen LogP contribution in [0, 0.1) is 12.8 Å². The van der Waals surface area contributed by atoms with Crippen LogP contribution in [0.2, 0.25) is 0 Å². The summed E-state index contributed by atoms with van der Waals surface area (Å²) in [6, 6.07) is 2.64. The molecular weight excluding hydrogens is 280 g/mol. The smallest absolute Gasteiger partial charge is 0.0682 e. The van der Waals surface area contributed by atoms with Gasteiger partial charge in [-0.25, -0.2) is 0 Å². The van der Waals surface area contributed by atoms with Crippen LogP contribution < -0.4 is 0 Å². The Kier molecular flexibility index (Phi) is 5.23. The zero-order valence-electron chi connectivity index (χ0n) is 16.5. The van der Waals surface area contributed by atoms with E-state index in [1.165, 1.54) is 28.1 Å². The zero-order valence-corrected chi connectivity index (χ0v) is 16.5. The Hall–Kier alpha value is -1.31. The van der Waals surface area contributed by atoms with E-state index in [9.17, 15) is 0 Å². The van der Waals surface area contributed by atoms with Gasteiger partial charge in [0.15, 0.2) is 0 Å². The molecule has 1 aromatic heterocycles. The second-order valence-electron chi connectivity index (χ2n) is 8.01. The molecule has 1 aromatic rings. The minimum atomic E-state index is 0.318. The summed E-state index contributed by atoms with van der Waals surface area (Å²) in [6.07, 6.45) is 1.14. The lowest BCUT2D eigenvalue weighted by molar-refractivity contribution is 0.305. The van der Waals surface area contributed by atoms with E-state index in [2.05, 4.69) is 73.4 Å². The van der Waals surface area contributed by atoms with Gasteiger partial charge in [-0.15, -0.1) is 0 Å². The van der Waals surface area contributed by atoms with Crippen LogP contribution in [0.25, 0.3) is 0 Å². The predicted octanol–water partition coefficient (Wildman–Crippen LogP) is 5.94.